The Balaban J connectivity index is 1.21. The second kappa shape index (κ2) is 8.32. The highest BCUT2D eigenvalue weighted by atomic mass is 19.1. The van der Waals surface area contributed by atoms with Crippen molar-refractivity contribution < 1.29 is 9.13 Å². The Bertz CT molecular complexity index is 1130. The molecule has 0 amide bonds. The van der Waals surface area contributed by atoms with Crippen LogP contribution in [0.15, 0.2) is 60.8 Å². The van der Waals surface area contributed by atoms with Gasteiger partial charge < -0.3 is 9.72 Å². The van der Waals surface area contributed by atoms with Gasteiger partial charge in [-0.15, -0.1) is 0 Å². The van der Waals surface area contributed by atoms with Crippen molar-refractivity contribution >= 4 is 10.9 Å². The molecule has 0 saturated carbocycles. The summed E-state index contributed by atoms with van der Waals surface area (Å²) < 4.78 is 19.2. The van der Waals surface area contributed by atoms with Crippen molar-refractivity contribution in [3.05, 3.63) is 83.6 Å². The zero-order valence-electron chi connectivity index (χ0n) is 16.8. The van der Waals surface area contributed by atoms with Gasteiger partial charge in [0.25, 0.3) is 0 Å². The van der Waals surface area contributed by atoms with E-state index in [0.29, 0.717) is 24.8 Å². The van der Waals surface area contributed by atoms with E-state index in [2.05, 4.69) is 50.4 Å². The summed E-state index contributed by atoms with van der Waals surface area (Å²) >= 11 is 0. The molecule has 5 rings (SSSR count). The molecule has 2 aromatic heterocycles. The summed E-state index contributed by atoms with van der Waals surface area (Å²) in [5.74, 6) is -0.0409. The van der Waals surface area contributed by atoms with Crippen LogP contribution in [-0.2, 0) is 13.0 Å². The van der Waals surface area contributed by atoms with Crippen molar-refractivity contribution in [2.24, 2.45) is 0 Å². The van der Waals surface area contributed by atoms with E-state index in [-0.39, 0.29) is 5.82 Å². The van der Waals surface area contributed by atoms with Gasteiger partial charge in [0.05, 0.1) is 18.3 Å². The standard InChI is InChI=1S/C24H25FN4O/c25-20-4-1-2-6-24(20)30-13-10-19-15-22(28-27-19)23-5-3-12-29(23)16-17-7-8-21-18(14-17)9-11-26-21/h1-2,4,6-9,11,14-15,23,26H,3,5,10,12-13,16H2,(H,27,28)/t23-/m0/s1. The molecule has 2 aromatic carbocycles. The summed E-state index contributed by atoms with van der Waals surface area (Å²) in [6, 6.07) is 17.7. The maximum absolute atomic E-state index is 13.7. The van der Waals surface area contributed by atoms with Gasteiger partial charge in [-0.25, -0.2) is 4.39 Å². The van der Waals surface area contributed by atoms with Crippen LogP contribution in [-0.4, -0.2) is 33.2 Å². The molecule has 0 spiro atoms. The zero-order valence-corrected chi connectivity index (χ0v) is 16.8. The first-order chi connectivity index (χ1) is 14.8. The van der Waals surface area contributed by atoms with Crippen LogP contribution in [0, 0.1) is 5.82 Å². The molecule has 154 valence electrons. The fraction of sp³-hybridized carbons (Fsp3) is 0.292. The van der Waals surface area contributed by atoms with Crippen LogP contribution in [0.5, 0.6) is 5.75 Å². The van der Waals surface area contributed by atoms with E-state index in [1.807, 2.05) is 6.20 Å². The molecule has 1 aliphatic heterocycles. The predicted molar refractivity (Wildman–Crippen MR) is 115 cm³/mol. The molecule has 1 saturated heterocycles. The third-order valence-electron chi connectivity index (χ3n) is 5.82. The SMILES string of the molecule is Fc1ccccc1OCCc1cc([C@@H]2CCCN2Cc2ccc3[nH]ccc3c2)n[nH]1. The lowest BCUT2D eigenvalue weighted by molar-refractivity contribution is 0.244. The van der Waals surface area contributed by atoms with Crippen molar-refractivity contribution in [2.75, 3.05) is 13.2 Å². The smallest absolute Gasteiger partial charge is 0.165 e. The van der Waals surface area contributed by atoms with Gasteiger partial charge in [-0.05, 0) is 66.7 Å². The summed E-state index contributed by atoms with van der Waals surface area (Å²) in [5, 5.41) is 8.96. The van der Waals surface area contributed by atoms with E-state index in [1.165, 1.54) is 29.0 Å². The van der Waals surface area contributed by atoms with Gasteiger partial charge in [0.1, 0.15) is 0 Å². The highest BCUT2D eigenvalue weighted by Gasteiger charge is 2.28. The average molecular weight is 404 g/mol. The van der Waals surface area contributed by atoms with E-state index in [4.69, 9.17) is 4.74 Å². The molecule has 4 aromatic rings. The minimum atomic E-state index is -0.331. The molecular formula is C24H25FN4O. The van der Waals surface area contributed by atoms with Crippen molar-refractivity contribution in [2.45, 2.75) is 31.8 Å². The minimum absolute atomic E-state index is 0.290. The number of halogens is 1. The average Bonchev–Trinajstić information content (AvgIpc) is 3.50. The number of ether oxygens (including phenoxy) is 1. The van der Waals surface area contributed by atoms with Crippen molar-refractivity contribution in [1.82, 2.24) is 20.1 Å². The van der Waals surface area contributed by atoms with Crippen LogP contribution in [0.3, 0.4) is 0 Å². The Morgan fingerprint density at radius 1 is 1.13 bits per heavy atom. The number of likely N-dealkylation sites (tertiary alicyclic amines) is 1. The van der Waals surface area contributed by atoms with Crippen molar-refractivity contribution in [3.63, 3.8) is 0 Å². The number of benzene rings is 2. The third-order valence-corrected chi connectivity index (χ3v) is 5.82. The third kappa shape index (κ3) is 3.96. The number of aromatic nitrogens is 3. The molecule has 0 aliphatic carbocycles. The summed E-state index contributed by atoms with van der Waals surface area (Å²) in [4.78, 5) is 5.75. The number of nitrogens with one attached hydrogen (secondary N) is 2. The van der Waals surface area contributed by atoms with Crippen LogP contribution < -0.4 is 4.74 Å². The minimum Gasteiger partial charge on any atom is -0.490 e. The summed E-state index contributed by atoms with van der Waals surface area (Å²) in [6.07, 6.45) is 4.94. The number of aromatic amines is 2. The second-order valence-corrected chi connectivity index (χ2v) is 7.87. The molecule has 1 atom stereocenters. The Labute approximate surface area is 174 Å². The maximum Gasteiger partial charge on any atom is 0.165 e. The first kappa shape index (κ1) is 18.9. The monoisotopic (exact) mass is 404 g/mol. The number of nitrogens with zero attached hydrogens (tertiary/aromatic N) is 2. The Morgan fingerprint density at radius 2 is 2.07 bits per heavy atom. The van der Waals surface area contributed by atoms with Crippen LogP contribution in [0.1, 0.15) is 35.8 Å². The first-order valence-electron chi connectivity index (χ1n) is 10.5. The highest BCUT2D eigenvalue weighted by molar-refractivity contribution is 5.79. The molecular weight excluding hydrogens is 379 g/mol. The Morgan fingerprint density at radius 3 is 3.00 bits per heavy atom. The van der Waals surface area contributed by atoms with Crippen LogP contribution in [0.2, 0.25) is 0 Å². The number of hydrogen-bond acceptors (Lipinski definition) is 3. The van der Waals surface area contributed by atoms with Crippen LogP contribution >= 0.6 is 0 Å². The summed E-state index contributed by atoms with van der Waals surface area (Å²) in [7, 11) is 0. The fourth-order valence-electron chi connectivity index (χ4n) is 4.30. The van der Waals surface area contributed by atoms with Gasteiger partial charge in [-0.2, -0.15) is 5.10 Å². The van der Waals surface area contributed by atoms with Gasteiger partial charge in [0, 0.05) is 30.4 Å². The van der Waals surface area contributed by atoms with Crippen molar-refractivity contribution in [1.29, 1.82) is 0 Å². The summed E-state index contributed by atoms with van der Waals surface area (Å²) in [5.41, 5.74) is 4.59. The molecule has 3 heterocycles. The topological polar surface area (TPSA) is 56.9 Å². The lowest BCUT2D eigenvalue weighted by Crippen LogP contribution is -2.23. The zero-order chi connectivity index (χ0) is 20.3. The van der Waals surface area contributed by atoms with Crippen LogP contribution in [0.4, 0.5) is 4.39 Å². The van der Waals surface area contributed by atoms with E-state index in [9.17, 15) is 4.39 Å². The molecule has 2 N–H and O–H groups in total. The largest absolute Gasteiger partial charge is 0.490 e. The second-order valence-electron chi connectivity index (χ2n) is 7.87. The van der Waals surface area contributed by atoms with Gasteiger partial charge in [0.2, 0.25) is 0 Å². The van der Waals surface area contributed by atoms with E-state index >= 15 is 0 Å². The molecule has 6 heteroatoms. The normalized spacial score (nSPS) is 17.0. The molecule has 0 bridgehead atoms. The quantitative estimate of drug-likeness (QED) is 0.456. The Hall–Kier alpha value is -3.12. The van der Waals surface area contributed by atoms with Gasteiger partial charge in [-0.3, -0.25) is 10.00 Å². The van der Waals surface area contributed by atoms with Crippen molar-refractivity contribution in [3.8, 4) is 5.75 Å². The lowest BCUT2D eigenvalue weighted by Gasteiger charge is -2.23. The predicted octanol–water partition coefficient (Wildman–Crippen LogP) is 4.99. The number of para-hydroxylation sites is 1. The van der Waals surface area contributed by atoms with E-state index < -0.39 is 0 Å². The van der Waals surface area contributed by atoms with E-state index in [0.717, 1.165) is 30.9 Å². The number of rotatable bonds is 7. The van der Waals surface area contributed by atoms with E-state index in [1.54, 1.807) is 18.2 Å². The van der Waals surface area contributed by atoms with Gasteiger partial charge in [0.15, 0.2) is 11.6 Å². The molecule has 30 heavy (non-hydrogen) atoms. The van der Waals surface area contributed by atoms with Gasteiger partial charge >= 0.3 is 0 Å². The maximum atomic E-state index is 13.7. The van der Waals surface area contributed by atoms with Gasteiger partial charge in [-0.1, -0.05) is 18.2 Å². The number of fused-ring (bicyclic) bond motifs is 1. The van der Waals surface area contributed by atoms with Crippen LogP contribution in [0.25, 0.3) is 10.9 Å². The molecule has 1 fully saturated rings. The lowest BCUT2D eigenvalue weighted by atomic mass is 10.1. The molecule has 5 nitrogen and oxygen atoms in total. The Kier molecular flexibility index (Phi) is 5.24. The number of H-pyrrole nitrogens is 2. The molecule has 0 radical (unpaired) electrons. The first-order valence-corrected chi connectivity index (χ1v) is 10.5. The fourth-order valence-corrected chi connectivity index (χ4v) is 4.30. The molecule has 0 unspecified atom stereocenters. The number of hydrogen-bond donors (Lipinski definition) is 2. The highest BCUT2D eigenvalue weighted by Crippen LogP contribution is 2.33. The summed E-state index contributed by atoms with van der Waals surface area (Å²) in [6.45, 7) is 2.41. The molecule has 1 aliphatic rings.